The second-order valence-corrected chi connectivity index (χ2v) is 22.6. The highest BCUT2D eigenvalue weighted by Crippen LogP contribution is 2.69. The number of carbonyl (C=O) groups is 2. The number of aryl methyl sites for hydroxylation is 4. The second-order valence-electron chi connectivity index (χ2n) is 22.6. The van der Waals surface area contributed by atoms with E-state index in [4.69, 9.17) is 18.9 Å². The van der Waals surface area contributed by atoms with Crippen LogP contribution < -0.4 is 9.47 Å². The van der Waals surface area contributed by atoms with Crippen LogP contribution in [0, 0.1) is 90.8 Å². The molecule has 1 N–H and O–H groups in total. The van der Waals surface area contributed by atoms with Crippen LogP contribution in [0.4, 0.5) is 0 Å². The van der Waals surface area contributed by atoms with Crippen LogP contribution in [-0.2, 0) is 19.1 Å². The predicted octanol–water partition coefficient (Wildman–Crippen LogP) is 12.7. The summed E-state index contributed by atoms with van der Waals surface area (Å²) in [6.07, 6.45) is 11.9. The molecule has 4 aliphatic rings. The van der Waals surface area contributed by atoms with Crippen LogP contribution in [0.5, 0.6) is 11.5 Å². The van der Waals surface area contributed by atoms with Gasteiger partial charge in [-0.3, -0.25) is 9.59 Å². The van der Waals surface area contributed by atoms with Gasteiger partial charge < -0.3 is 24.1 Å². The van der Waals surface area contributed by atoms with E-state index in [9.17, 15) is 14.7 Å². The Labute approximate surface area is 376 Å². The topological polar surface area (TPSA) is 91.3 Å². The third-order valence-electron chi connectivity index (χ3n) is 17.4. The fourth-order valence-electron chi connectivity index (χ4n) is 13.4. The van der Waals surface area contributed by atoms with Crippen LogP contribution in [0.15, 0.2) is 36.4 Å². The van der Waals surface area contributed by atoms with Crippen LogP contribution in [0.3, 0.4) is 0 Å². The Kier molecular flexibility index (Phi) is 15.3. The van der Waals surface area contributed by atoms with Crippen LogP contribution >= 0.6 is 0 Å². The van der Waals surface area contributed by atoms with Gasteiger partial charge in [0.05, 0.1) is 36.8 Å². The van der Waals surface area contributed by atoms with Gasteiger partial charge in [-0.05, 0) is 219 Å². The van der Waals surface area contributed by atoms with E-state index >= 15 is 0 Å². The largest absolute Gasteiger partial charge is 0.493 e. The molecule has 0 saturated heterocycles. The van der Waals surface area contributed by atoms with Gasteiger partial charge in [-0.15, -0.1) is 0 Å². The Balaban J connectivity index is 0.994. The maximum Gasteiger partial charge on any atom is 0.311 e. The van der Waals surface area contributed by atoms with Gasteiger partial charge in [0, 0.05) is 0 Å². The molecule has 0 heterocycles. The summed E-state index contributed by atoms with van der Waals surface area (Å²) in [6, 6.07) is 12.5. The Bertz CT molecular complexity index is 1850. The van der Waals surface area contributed by atoms with Gasteiger partial charge in [-0.2, -0.15) is 0 Å². The normalized spacial score (nSPS) is 31.3. The van der Waals surface area contributed by atoms with Crippen molar-refractivity contribution in [1.82, 2.24) is 0 Å². The summed E-state index contributed by atoms with van der Waals surface area (Å²) >= 11 is 0. The van der Waals surface area contributed by atoms with Crippen molar-refractivity contribution in [3.8, 4) is 11.5 Å². The maximum absolute atomic E-state index is 13.7. The fraction of sp³-hybridized carbons (Fsp3) is 0.745. The molecule has 0 aromatic heterocycles. The van der Waals surface area contributed by atoms with Gasteiger partial charge in [-0.25, -0.2) is 0 Å². The van der Waals surface area contributed by atoms with Crippen LogP contribution in [0.25, 0.3) is 0 Å². The number of esters is 2. The molecule has 2 aromatic rings. The molecule has 4 aliphatic carbocycles. The van der Waals surface area contributed by atoms with E-state index < -0.39 is 10.8 Å². The number of ether oxygens (including phenoxy) is 4. The fourth-order valence-corrected chi connectivity index (χ4v) is 13.4. The molecule has 346 valence electrons. The Morgan fingerprint density at radius 1 is 0.742 bits per heavy atom. The summed E-state index contributed by atoms with van der Waals surface area (Å²) in [4.78, 5) is 27.1. The van der Waals surface area contributed by atoms with Gasteiger partial charge in [0.1, 0.15) is 17.6 Å². The number of rotatable bonds is 18. The zero-order valence-electron chi connectivity index (χ0n) is 40.9. The lowest BCUT2D eigenvalue weighted by Crippen LogP contribution is -2.62. The molecule has 11 atom stereocenters. The zero-order chi connectivity index (χ0) is 45.2. The molecular formula is C55H84O7. The van der Waals surface area contributed by atoms with Gasteiger partial charge in [0.15, 0.2) is 0 Å². The molecule has 0 amide bonds. The van der Waals surface area contributed by atoms with Gasteiger partial charge in [0.25, 0.3) is 0 Å². The Morgan fingerprint density at radius 3 is 1.87 bits per heavy atom. The highest BCUT2D eigenvalue weighted by atomic mass is 16.5. The van der Waals surface area contributed by atoms with Gasteiger partial charge in [-0.1, -0.05) is 58.4 Å². The third-order valence-corrected chi connectivity index (χ3v) is 17.4. The minimum atomic E-state index is -0.591. The highest BCUT2D eigenvalue weighted by Gasteiger charge is 2.65. The van der Waals surface area contributed by atoms with Crippen molar-refractivity contribution in [2.24, 2.45) is 63.1 Å². The van der Waals surface area contributed by atoms with E-state index in [1.807, 2.05) is 27.7 Å². The molecule has 7 nitrogen and oxygen atoms in total. The number of fused-ring (bicyclic) bond motifs is 5. The van der Waals surface area contributed by atoms with E-state index in [1.165, 1.54) is 30.4 Å². The molecule has 3 unspecified atom stereocenters. The molecule has 4 fully saturated rings. The molecule has 6 rings (SSSR count). The number of carbonyl (C=O) groups excluding carboxylic acids is 2. The van der Waals surface area contributed by atoms with Gasteiger partial charge >= 0.3 is 11.9 Å². The smallest absolute Gasteiger partial charge is 0.311 e. The van der Waals surface area contributed by atoms with Crippen molar-refractivity contribution in [2.75, 3.05) is 19.8 Å². The summed E-state index contributed by atoms with van der Waals surface area (Å²) < 4.78 is 24.6. The average Bonchev–Trinajstić information content (AvgIpc) is 3.58. The molecule has 7 heteroatoms. The number of aliphatic hydroxyl groups excluding tert-OH is 1. The molecule has 62 heavy (non-hydrogen) atoms. The van der Waals surface area contributed by atoms with E-state index in [-0.39, 0.29) is 40.9 Å². The lowest BCUT2D eigenvalue weighted by atomic mass is 9.41. The van der Waals surface area contributed by atoms with Crippen molar-refractivity contribution in [1.29, 1.82) is 0 Å². The van der Waals surface area contributed by atoms with E-state index in [0.29, 0.717) is 68.2 Å². The monoisotopic (exact) mass is 857 g/mol. The first kappa shape index (κ1) is 48.4. The van der Waals surface area contributed by atoms with Crippen molar-refractivity contribution in [3.05, 3.63) is 58.7 Å². The Morgan fingerprint density at radius 2 is 1.29 bits per heavy atom. The predicted molar refractivity (Wildman–Crippen MR) is 249 cm³/mol. The van der Waals surface area contributed by atoms with Crippen molar-refractivity contribution >= 4 is 11.9 Å². The number of hydrogen-bond donors (Lipinski definition) is 1. The number of hydrogen-bond acceptors (Lipinski definition) is 7. The first-order chi connectivity index (χ1) is 29.2. The summed E-state index contributed by atoms with van der Waals surface area (Å²) in [6.45, 7) is 27.6. The molecule has 0 radical (unpaired) electrons. The van der Waals surface area contributed by atoms with Crippen molar-refractivity contribution < 1.29 is 33.6 Å². The molecule has 0 aliphatic heterocycles. The van der Waals surface area contributed by atoms with Crippen molar-refractivity contribution in [3.63, 3.8) is 0 Å². The molecule has 2 aromatic carbocycles. The first-order valence-corrected chi connectivity index (χ1v) is 24.7. The molecule has 4 saturated carbocycles. The van der Waals surface area contributed by atoms with E-state index in [2.05, 4.69) is 91.8 Å². The molecular weight excluding hydrogens is 773 g/mol. The van der Waals surface area contributed by atoms with Crippen LogP contribution in [0.2, 0.25) is 0 Å². The number of aliphatic hydroxyl groups is 1. The summed E-state index contributed by atoms with van der Waals surface area (Å²) in [7, 11) is 0. The quantitative estimate of drug-likeness (QED) is 0.118. The van der Waals surface area contributed by atoms with Crippen LogP contribution in [-0.4, -0.2) is 49.1 Å². The molecule has 0 spiro atoms. The highest BCUT2D eigenvalue weighted by molar-refractivity contribution is 5.76. The van der Waals surface area contributed by atoms with Gasteiger partial charge in [0.2, 0.25) is 0 Å². The summed E-state index contributed by atoms with van der Waals surface area (Å²) in [5.41, 5.74) is 3.77. The maximum atomic E-state index is 13.7. The molecule has 0 bridgehead atoms. The van der Waals surface area contributed by atoms with E-state index in [1.54, 1.807) is 0 Å². The SMILES string of the molecule is CC[C@H]1[C@@H](O)C2C3CC[C@H]([C@H](C)CCOC(=O)C(C)(C)CCCOc4cc(C)ccc4C)[C@@]3(C)CCC2[C@@]2(C)CC[C@@H](OC(=O)C(C)(C)CCCOc3cc(C)ccc3C)C[C@@H]12. The van der Waals surface area contributed by atoms with Crippen molar-refractivity contribution in [2.45, 2.75) is 179 Å². The summed E-state index contributed by atoms with van der Waals surface area (Å²) in [5.74, 6) is 4.44. The Hall–Kier alpha value is -3.06. The minimum absolute atomic E-state index is 0.101. The zero-order valence-corrected chi connectivity index (χ0v) is 40.9. The number of benzene rings is 2. The minimum Gasteiger partial charge on any atom is -0.493 e. The summed E-state index contributed by atoms with van der Waals surface area (Å²) in [5, 5.41) is 12.5. The third kappa shape index (κ3) is 10.2. The van der Waals surface area contributed by atoms with Crippen LogP contribution in [0.1, 0.15) is 161 Å². The lowest BCUT2D eigenvalue weighted by Gasteiger charge is -2.65. The lowest BCUT2D eigenvalue weighted by molar-refractivity contribution is -0.209. The average molecular weight is 857 g/mol. The van der Waals surface area contributed by atoms with E-state index in [0.717, 1.165) is 74.0 Å². The second kappa shape index (κ2) is 19.6. The standard InChI is InChI=1S/C55H84O7/c1-13-41-45-34-40(62-51(58)53(9,10)26-15-30-60-47-33-36(3)17-19-39(47)6)22-27-55(45,12)44-23-28-54(11)42(20-21-43(54)48(44)49(41)56)37(4)24-31-61-50(57)52(7,8)25-14-29-59-46-32-35(2)16-18-38(46)5/h16-19,32-33,37,40-45,48-49,56H,13-15,20-31,34H2,1-12H3/t37-,40-,41-,42-,43?,44?,45+,48?,49-,54-,55-/m1/s1. The first-order valence-electron chi connectivity index (χ1n) is 24.7.